The van der Waals surface area contributed by atoms with Crippen molar-refractivity contribution in [3.05, 3.63) is 29.8 Å². The normalized spacial score (nSPS) is 18.2. The second-order valence-corrected chi connectivity index (χ2v) is 9.47. The summed E-state index contributed by atoms with van der Waals surface area (Å²) in [6.45, 7) is 11.5. The first kappa shape index (κ1) is 19.7. The van der Waals surface area contributed by atoms with Gasteiger partial charge in [0.05, 0.1) is 0 Å². The van der Waals surface area contributed by atoms with Crippen LogP contribution in [0.5, 0.6) is 0 Å². The summed E-state index contributed by atoms with van der Waals surface area (Å²) >= 11 is 13.2. The van der Waals surface area contributed by atoms with Crippen LogP contribution >= 0.6 is 36.2 Å². The van der Waals surface area contributed by atoms with Crippen LogP contribution in [0.15, 0.2) is 29.2 Å². The van der Waals surface area contributed by atoms with Crippen LogP contribution in [0.3, 0.4) is 0 Å². The number of ether oxygens (including phenoxy) is 1. The Hall–Kier alpha value is -1.05. The van der Waals surface area contributed by atoms with Crippen LogP contribution < -0.4 is 0 Å². The van der Waals surface area contributed by atoms with Crippen LogP contribution in [0.2, 0.25) is 0 Å². The molecule has 1 aromatic rings. The molecule has 0 spiro atoms. The summed E-state index contributed by atoms with van der Waals surface area (Å²) < 4.78 is 5.84. The molecular formula is C19H27N3OS3. The van der Waals surface area contributed by atoms with Crippen LogP contribution in [0, 0.1) is 0 Å². The van der Waals surface area contributed by atoms with Gasteiger partial charge in [0.25, 0.3) is 5.17 Å². The first-order valence-corrected chi connectivity index (χ1v) is 10.9. The standard InChI is InChI=1S/C19H27N3OS3/c1-19(2,3)23-18(25)21-10-8-20(9-11-21)17(24)22-12-13-26-16-7-5-4-6-15(16)14-22/h4-7H,8-14H2,1-3H3. The molecule has 3 rings (SSSR count). The van der Waals surface area contributed by atoms with Gasteiger partial charge in [0.15, 0.2) is 5.11 Å². The Balaban J connectivity index is 1.56. The largest absolute Gasteiger partial charge is 0.465 e. The molecule has 4 nitrogen and oxygen atoms in total. The maximum Gasteiger partial charge on any atom is 0.259 e. The van der Waals surface area contributed by atoms with Crippen molar-refractivity contribution in [1.29, 1.82) is 0 Å². The van der Waals surface area contributed by atoms with Gasteiger partial charge in [-0.05, 0) is 56.8 Å². The summed E-state index contributed by atoms with van der Waals surface area (Å²) in [7, 11) is 0. The number of benzene rings is 1. The number of hydrogen-bond acceptors (Lipinski definition) is 4. The maximum absolute atomic E-state index is 5.84. The van der Waals surface area contributed by atoms with Crippen LogP contribution in [0.4, 0.5) is 0 Å². The molecule has 0 amide bonds. The molecule has 2 aliphatic rings. The first-order valence-electron chi connectivity index (χ1n) is 9.06. The van der Waals surface area contributed by atoms with Crippen LogP contribution in [0.25, 0.3) is 0 Å². The minimum Gasteiger partial charge on any atom is -0.465 e. The van der Waals surface area contributed by atoms with E-state index in [4.69, 9.17) is 29.2 Å². The molecule has 0 aliphatic carbocycles. The summed E-state index contributed by atoms with van der Waals surface area (Å²) in [4.78, 5) is 8.18. The summed E-state index contributed by atoms with van der Waals surface area (Å²) in [5, 5.41) is 1.56. The molecule has 1 fully saturated rings. The van der Waals surface area contributed by atoms with Crippen molar-refractivity contribution in [2.75, 3.05) is 38.5 Å². The topological polar surface area (TPSA) is 19.0 Å². The fourth-order valence-electron chi connectivity index (χ4n) is 3.10. The van der Waals surface area contributed by atoms with Gasteiger partial charge in [-0.2, -0.15) is 0 Å². The molecule has 0 N–H and O–H groups in total. The van der Waals surface area contributed by atoms with E-state index < -0.39 is 0 Å². The van der Waals surface area contributed by atoms with E-state index in [1.165, 1.54) is 10.5 Å². The quantitative estimate of drug-likeness (QED) is 0.602. The number of hydrogen-bond donors (Lipinski definition) is 0. The smallest absolute Gasteiger partial charge is 0.259 e. The maximum atomic E-state index is 5.84. The number of nitrogens with zero attached hydrogens (tertiary/aromatic N) is 3. The molecule has 142 valence electrons. The Kier molecular flexibility index (Phi) is 6.30. The molecule has 0 bridgehead atoms. The lowest BCUT2D eigenvalue weighted by Crippen LogP contribution is -2.54. The predicted octanol–water partition coefficient (Wildman–Crippen LogP) is 3.60. The summed E-state index contributed by atoms with van der Waals surface area (Å²) in [5.74, 6) is 1.07. The van der Waals surface area contributed by atoms with Gasteiger partial charge in [-0.1, -0.05) is 18.2 Å². The fourth-order valence-corrected chi connectivity index (χ4v) is 4.89. The summed E-state index contributed by atoms with van der Waals surface area (Å²) in [5.41, 5.74) is 1.12. The highest BCUT2D eigenvalue weighted by atomic mass is 32.2. The van der Waals surface area contributed by atoms with Gasteiger partial charge in [0.1, 0.15) is 5.60 Å². The lowest BCUT2D eigenvalue weighted by Gasteiger charge is -2.40. The molecule has 1 saturated heterocycles. The van der Waals surface area contributed by atoms with Crippen molar-refractivity contribution >= 4 is 46.5 Å². The highest BCUT2D eigenvalue weighted by molar-refractivity contribution is 7.99. The molecule has 0 unspecified atom stereocenters. The van der Waals surface area contributed by atoms with Crippen molar-refractivity contribution in [1.82, 2.24) is 14.7 Å². The third-order valence-electron chi connectivity index (χ3n) is 4.42. The predicted molar refractivity (Wildman–Crippen MR) is 117 cm³/mol. The minimum absolute atomic E-state index is 0.249. The van der Waals surface area contributed by atoms with Gasteiger partial charge in [-0.25, -0.2) is 0 Å². The molecule has 2 heterocycles. The number of piperazine rings is 1. The third kappa shape index (κ3) is 5.02. The van der Waals surface area contributed by atoms with E-state index in [-0.39, 0.29) is 5.60 Å². The zero-order chi connectivity index (χ0) is 18.7. The van der Waals surface area contributed by atoms with Gasteiger partial charge < -0.3 is 19.4 Å². The Morgan fingerprint density at radius 2 is 1.62 bits per heavy atom. The molecule has 7 heteroatoms. The van der Waals surface area contributed by atoms with Crippen molar-refractivity contribution in [3.8, 4) is 0 Å². The molecular weight excluding hydrogens is 382 g/mol. The van der Waals surface area contributed by atoms with Crippen molar-refractivity contribution in [3.63, 3.8) is 0 Å². The summed E-state index contributed by atoms with van der Waals surface area (Å²) in [6.07, 6.45) is 0. The third-order valence-corrected chi connectivity index (χ3v) is 6.38. The Bertz CT molecular complexity index is 666. The van der Waals surface area contributed by atoms with Gasteiger partial charge in [-0.15, -0.1) is 11.8 Å². The highest BCUT2D eigenvalue weighted by Crippen LogP contribution is 2.27. The number of rotatable bonds is 0. The summed E-state index contributed by atoms with van der Waals surface area (Å²) in [6, 6.07) is 8.65. The average Bonchev–Trinajstić information content (AvgIpc) is 2.82. The Morgan fingerprint density at radius 3 is 2.31 bits per heavy atom. The number of thioether (sulfide) groups is 1. The van der Waals surface area contributed by atoms with Crippen molar-refractivity contribution in [2.45, 2.75) is 37.8 Å². The zero-order valence-electron chi connectivity index (χ0n) is 15.7. The Labute approximate surface area is 171 Å². The van der Waals surface area contributed by atoms with E-state index >= 15 is 0 Å². The lowest BCUT2D eigenvalue weighted by atomic mass is 10.2. The number of thiocarbonyl (C=S) groups is 2. The molecule has 2 aliphatic heterocycles. The van der Waals surface area contributed by atoms with Crippen LogP contribution in [-0.2, 0) is 11.3 Å². The van der Waals surface area contributed by atoms with Crippen molar-refractivity contribution < 1.29 is 4.74 Å². The second kappa shape index (κ2) is 8.31. The van der Waals surface area contributed by atoms with E-state index in [1.807, 2.05) is 32.5 Å². The molecule has 0 radical (unpaired) electrons. The van der Waals surface area contributed by atoms with Crippen LogP contribution in [-0.4, -0.2) is 69.1 Å². The highest BCUT2D eigenvalue weighted by Gasteiger charge is 2.27. The second-order valence-electron chi connectivity index (χ2n) is 7.61. The molecule has 0 aromatic heterocycles. The SMILES string of the molecule is CC(C)(C)OC(=S)N1CCN(C(=S)N2CCSc3ccccc3C2)CC1. The van der Waals surface area contributed by atoms with E-state index in [2.05, 4.69) is 39.0 Å². The van der Waals surface area contributed by atoms with E-state index in [1.54, 1.807) is 0 Å². The molecule has 0 saturated carbocycles. The van der Waals surface area contributed by atoms with E-state index in [0.717, 1.165) is 50.1 Å². The van der Waals surface area contributed by atoms with Gasteiger partial charge in [0.2, 0.25) is 0 Å². The van der Waals surface area contributed by atoms with Gasteiger partial charge >= 0.3 is 0 Å². The zero-order valence-corrected chi connectivity index (χ0v) is 18.2. The Morgan fingerprint density at radius 1 is 0.962 bits per heavy atom. The molecule has 1 aromatic carbocycles. The van der Waals surface area contributed by atoms with Crippen molar-refractivity contribution in [2.24, 2.45) is 0 Å². The average molecular weight is 410 g/mol. The van der Waals surface area contributed by atoms with E-state index in [0.29, 0.717) is 5.17 Å². The fraction of sp³-hybridized carbons (Fsp3) is 0.579. The van der Waals surface area contributed by atoms with Gasteiger partial charge in [-0.3, -0.25) is 0 Å². The molecule has 0 atom stereocenters. The lowest BCUT2D eigenvalue weighted by molar-refractivity contribution is 0.0853. The van der Waals surface area contributed by atoms with Crippen LogP contribution in [0.1, 0.15) is 26.3 Å². The minimum atomic E-state index is -0.249. The molecule has 26 heavy (non-hydrogen) atoms. The monoisotopic (exact) mass is 409 g/mol. The number of fused-ring (bicyclic) bond motifs is 1. The first-order chi connectivity index (χ1) is 12.3. The van der Waals surface area contributed by atoms with E-state index in [9.17, 15) is 0 Å². The van der Waals surface area contributed by atoms with Gasteiger partial charge in [0, 0.05) is 49.9 Å².